The maximum Gasteiger partial charge on any atom is 0.230 e. The summed E-state index contributed by atoms with van der Waals surface area (Å²) in [6.45, 7) is 2.86. The van der Waals surface area contributed by atoms with Gasteiger partial charge in [-0.05, 0) is 92.4 Å². The van der Waals surface area contributed by atoms with Gasteiger partial charge in [0.05, 0.1) is 11.2 Å². The van der Waals surface area contributed by atoms with Gasteiger partial charge in [-0.2, -0.15) is 4.31 Å². The van der Waals surface area contributed by atoms with E-state index < -0.39 is 10.0 Å². The average molecular weight is 417 g/mol. The lowest BCUT2D eigenvalue weighted by Crippen LogP contribution is -2.51. The van der Waals surface area contributed by atoms with Crippen molar-refractivity contribution < 1.29 is 13.2 Å². The summed E-state index contributed by atoms with van der Waals surface area (Å²) in [4.78, 5) is 13.3. The lowest BCUT2D eigenvalue weighted by atomic mass is 9.49. The molecule has 4 saturated carbocycles. The van der Waals surface area contributed by atoms with E-state index >= 15 is 0 Å². The van der Waals surface area contributed by atoms with Crippen LogP contribution in [-0.4, -0.2) is 30.9 Å². The van der Waals surface area contributed by atoms with Gasteiger partial charge in [-0.25, -0.2) is 8.42 Å². The second kappa shape index (κ2) is 7.09. The van der Waals surface area contributed by atoms with Crippen molar-refractivity contribution in [1.82, 2.24) is 4.31 Å². The van der Waals surface area contributed by atoms with Gasteiger partial charge < -0.3 is 5.32 Å². The first-order chi connectivity index (χ1) is 13.9. The van der Waals surface area contributed by atoms with Crippen LogP contribution in [0.4, 0.5) is 5.69 Å². The molecule has 4 bridgehead atoms. The third kappa shape index (κ3) is 3.52. The van der Waals surface area contributed by atoms with Crippen LogP contribution in [0.25, 0.3) is 0 Å². The van der Waals surface area contributed by atoms with Crippen molar-refractivity contribution in [3.63, 3.8) is 0 Å². The number of amides is 1. The Hall–Kier alpha value is -1.40. The Labute approximate surface area is 174 Å². The number of nitrogens with zero attached hydrogens (tertiary/aromatic N) is 1. The normalized spacial score (nSPS) is 33.5. The molecule has 4 aliphatic carbocycles. The summed E-state index contributed by atoms with van der Waals surface area (Å²) in [7, 11) is -3.20. The fraction of sp³-hybridized carbons (Fsp3) is 0.696. The zero-order valence-electron chi connectivity index (χ0n) is 17.3. The van der Waals surface area contributed by atoms with E-state index in [0.717, 1.165) is 54.7 Å². The Morgan fingerprint density at radius 3 is 2.38 bits per heavy atom. The van der Waals surface area contributed by atoms with Crippen LogP contribution in [0.2, 0.25) is 0 Å². The van der Waals surface area contributed by atoms with Crippen molar-refractivity contribution in [2.24, 2.45) is 23.2 Å². The molecule has 5 aliphatic rings. The third-order valence-corrected chi connectivity index (χ3v) is 9.84. The highest BCUT2D eigenvalue weighted by Crippen LogP contribution is 2.60. The predicted molar refractivity (Wildman–Crippen MR) is 114 cm³/mol. The van der Waals surface area contributed by atoms with Crippen LogP contribution in [0.1, 0.15) is 63.0 Å². The van der Waals surface area contributed by atoms with E-state index in [-0.39, 0.29) is 17.1 Å². The molecule has 1 aromatic carbocycles. The number of sulfonamides is 1. The first-order valence-electron chi connectivity index (χ1n) is 11.3. The quantitative estimate of drug-likeness (QED) is 0.791. The van der Waals surface area contributed by atoms with Crippen molar-refractivity contribution in [2.45, 2.75) is 64.8 Å². The number of hydrogen-bond acceptors (Lipinski definition) is 3. The van der Waals surface area contributed by atoms with Gasteiger partial charge in [0.25, 0.3) is 0 Å². The molecule has 1 N–H and O–H groups in total. The second-order valence-corrected chi connectivity index (χ2v) is 12.1. The van der Waals surface area contributed by atoms with Crippen LogP contribution in [0.15, 0.2) is 18.2 Å². The first-order valence-corrected chi connectivity index (χ1v) is 12.9. The van der Waals surface area contributed by atoms with Crippen LogP contribution in [0.5, 0.6) is 0 Å². The van der Waals surface area contributed by atoms with E-state index in [1.54, 1.807) is 4.31 Å². The highest BCUT2D eigenvalue weighted by molar-refractivity contribution is 7.89. The molecule has 1 amide bonds. The number of carbonyl (C=O) groups excluding carboxylic acids is 1. The van der Waals surface area contributed by atoms with Gasteiger partial charge in [0.2, 0.25) is 15.9 Å². The number of benzene rings is 1. The fourth-order valence-corrected chi connectivity index (χ4v) is 8.37. The Morgan fingerprint density at radius 1 is 1.10 bits per heavy atom. The molecule has 1 aromatic rings. The molecule has 158 valence electrons. The molecule has 1 aliphatic heterocycles. The van der Waals surface area contributed by atoms with Gasteiger partial charge in [0.15, 0.2) is 0 Å². The van der Waals surface area contributed by atoms with Crippen molar-refractivity contribution in [3.8, 4) is 0 Å². The van der Waals surface area contributed by atoms with Crippen molar-refractivity contribution >= 4 is 21.6 Å². The molecule has 6 rings (SSSR count). The highest BCUT2D eigenvalue weighted by Gasteiger charge is 2.54. The van der Waals surface area contributed by atoms with E-state index in [0.29, 0.717) is 19.5 Å². The van der Waals surface area contributed by atoms with E-state index in [4.69, 9.17) is 0 Å². The maximum atomic E-state index is 13.3. The van der Waals surface area contributed by atoms with Crippen LogP contribution in [0, 0.1) is 23.2 Å². The Kier molecular flexibility index (Phi) is 4.78. The summed E-state index contributed by atoms with van der Waals surface area (Å²) < 4.78 is 26.5. The number of carbonyl (C=O) groups is 1. The zero-order valence-corrected chi connectivity index (χ0v) is 18.1. The van der Waals surface area contributed by atoms with Crippen molar-refractivity contribution in [1.29, 1.82) is 0 Å². The average Bonchev–Trinajstić information content (AvgIpc) is 2.66. The Balaban J connectivity index is 1.33. The maximum absolute atomic E-state index is 13.3. The Bertz CT molecular complexity index is 889. The number of nitrogens with one attached hydrogen (secondary N) is 1. The smallest absolute Gasteiger partial charge is 0.230 e. The summed E-state index contributed by atoms with van der Waals surface area (Å²) >= 11 is 0. The topological polar surface area (TPSA) is 66.5 Å². The number of anilines is 1. The number of hydrogen-bond donors (Lipinski definition) is 1. The third-order valence-electron chi connectivity index (χ3n) is 7.82. The molecular weight excluding hydrogens is 384 g/mol. The van der Waals surface area contributed by atoms with Crippen LogP contribution >= 0.6 is 0 Å². The lowest BCUT2D eigenvalue weighted by Gasteiger charge is -2.55. The predicted octanol–water partition coefficient (Wildman–Crippen LogP) is 3.94. The second-order valence-electron chi connectivity index (χ2n) is 10.0. The van der Waals surface area contributed by atoms with Gasteiger partial charge in [-0.1, -0.05) is 13.0 Å². The standard InChI is InChI=1S/C23H32N2O3S/c1-2-7-29(27,28)25-6-5-19-3-4-21(11-20(19)15-25)24-22(26)23-12-16-8-17(13-23)10-18(9-16)14-23/h3-4,11,16-18H,2,5-10,12-15H2,1H3,(H,24,26). The number of rotatable bonds is 5. The van der Waals surface area contributed by atoms with Crippen LogP contribution in [-0.2, 0) is 27.8 Å². The minimum atomic E-state index is -3.20. The molecule has 29 heavy (non-hydrogen) atoms. The van der Waals surface area contributed by atoms with Gasteiger partial charge in [-0.15, -0.1) is 0 Å². The molecule has 0 spiro atoms. The molecule has 0 aromatic heterocycles. The molecule has 0 unspecified atom stereocenters. The van der Waals surface area contributed by atoms with E-state index in [2.05, 4.69) is 11.4 Å². The van der Waals surface area contributed by atoms with Crippen LogP contribution < -0.4 is 5.32 Å². The van der Waals surface area contributed by atoms with Crippen molar-refractivity contribution in [3.05, 3.63) is 29.3 Å². The summed E-state index contributed by atoms with van der Waals surface area (Å²) in [5, 5.41) is 3.22. The molecule has 0 atom stereocenters. The van der Waals surface area contributed by atoms with E-state index in [9.17, 15) is 13.2 Å². The molecule has 4 fully saturated rings. The molecule has 6 heteroatoms. The highest BCUT2D eigenvalue weighted by atomic mass is 32.2. The molecule has 1 heterocycles. The fourth-order valence-electron chi connectivity index (χ4n) is 6.89. The molecule has 5 nitrogen and oxygen atoms in total. The molecular formula is C23H32N2O3S. The summed E-state index contributed by atoms with van der Waals surface area (Å²) in [6, 6.07) is 6.06. The zero-order chi connectivity index (χ0) is 20.2. The Morgan fingerprint density at radius 2 is 1.76 bits per heavy atom. The minimum absolute atomic E-state index is 0.166. The van der Waals surface area contributed by atoms with Gasteiger partial charge in [0, 0.05) is 18.8 Å². The number of fused-ring (bicyclic) bond motifs is 1. The molecule has 0 saturated heterocycles. The van der Waals surface area contributed by atoms with Gasteiger partial charge in [0.1, 0.15) is 0 Å². The summed E-state index contributed by atoms with van der Waals surface area (Å²) in [5.74, 6) is 2.63. The minimum Gasteiger partial charge on any atom is -0.326 e. The van der Waals surface area contributed by atoms with E-state index in [1.165, 1.54) is 24.8 Å². The van der Waals surface area contributed by atoms with E-state index in [1.807, 2.05) is 19.1 Å². The largest absolute Gasteiger partial charge is 0.326 e. The first kappa shape index (κ1) is 19.6. The SMILES string of the molecule is CCCS(=O)(=O)N1CCc2ccc(NC(=O)C34CC5CC(CC(C5)C3)C4)cc2C1. The lowest BCUT2D eigenvalue weighted by molar-refractivity contribution is -0.140. The summed E-state index contributed by atoms with van der Waals surface area (Å²) in [6.07, 6.45) is 8.51. The van der Waals surface area contributed by atoms with Gasteiger partial charge in [-0.3, -0.25) is 4.79 Å². The molecule has 0 radical (unpaired) electrons. The van der Waals surface area contributed by atoms with Crippen molar-refractivity contribution in [2.75, 3.05) is 17.6 Å². The van der Waals surface area contributed by atoms with Crippen LogP contribution in [0.3, 0.4) is 0 Å². The monoisotopic (exact) mass is 416 g/mol. The summed E-state index contributed by atoms with van der Waals surface area (Å²) in [5.41, 5.74) is 2.88. The van der Waals surface area contributed by atoms with Gasteiger partial charge >= 0.3 is 0 Å².